The number of alkyl halides is 3. The lowest BCUT2D eigenvalue weighted by Gasteiger charge is -2.29. The van der Waals surface area contributed by atoms with E-state index < -0.39 is 17.7 Å². The zero-order valence-electron chi connectivity index (χ0n) is 11.7. The molecule has 0 aromatic carbocycles. The number of anilines is 1. The molecule has 7 heteroatoms. The summed E-state index contributed by atoms with van der Waals surface area (Å²) in [5.41, 5.74) is 0.665. The fourth-order valence-corrected chi connectivity index (χ4v) is 2.43. The van der Waals surface area contributed by atoms with E-state index in [1.54, 1.807) is 24.8 Å². The maximum Gasteiger partial charge on any atom is 0.412 e. The Morgan fingerprint density at radius 1 is 1.38 bits per heavy atom. The Bertz CT molecular complexity index is 609. The average molecular weight is 300 g/mol. The van der Waals surface area contributed by atoms with Crippen LogP contribution in [-0.2, 0) is 0 Å². The lowest BCUT2D eigenvalue weighted by Crippen LogP contribution is -2.34. The summed E-state index contributed by atoms with van der Waals surface area (Å²) >= 11 is 0. The summed E-state index contributed by atoms with van der Waals surface area (Å²) in [5, 5.41) is 9.29. The molecule has 21 heavy (non-hydrogen) atoms. The number of carbonyl (C=O) groups is 1. The van der Waals surface area contributed by atoms with Crippen LogP contribution in [0.4, 0.5) is 19.0 Å². The number of aryl methyl sites for hydroxylation is 2. The first-order valence-electron chi connectivity index (χ1n) is 6.43. The van der Waals surface area contributed by atoms with Crippen molar-refractivity contribution in [3.05, 3.63) is 34.5 Å². The highest BCUT2D eigenvalue weighted by atomic mass is 19.4. The minimum atomic E-state index is -4.32. The van der Waals surface area contributed by atoms with E-state index in [1.807, 2.05) is 0 Å². The zero-order chi connectivity index (χ0) is 15.8. The third-order valence-corrected chi connectivity index (χ3v) is 3.41. The molecular formula is C14H15F3N2O2. The molecule has 2 heterocycles. The van der Waals surface area contributed by atoms with Gasteiger partial charge >= 0.3 is 12.1 Å². The summed E-state index contributed by atoms with van der Waals surface area (Å²) in [7, 11) is 0. The number of hydrogen-bond donors (Lipinski definition) is 1. The van der Waals surface area contributed by atoms with Gasteiger partial charge in [-0.3, -0.25) is 0 Å². The summed E-state index contributed by atoms with van der Waals surface area (Å²) < 4.78 is 37.8. The summed E-state index contributed by atoms with van der Waals surface area (Å²) in [5.74, 6) is -0.891. The normalized spacial score (nSPS) is 15.9. The molecular weight excluding hydrogens is 285 g/mol. The van der Waals surface area contributed by atoms with E-state index in [0.29, 0.717) is 11.3 Å². The van der Waals surface area contributed by atoms with Crippen molar-refractivity contribution in [3.8, 4) is 0 Å². The number of rotatable bonds is 2. The second kappa shape index (κ2) is 5.38. The zero-order valence-corrected chi connectivity index (χ0v) is 11.7. The molecule has 0 fully saturated rings. The topological polar surface area (TPSA) is 53.4 Å². The molecule has 4 nitrogen and oxygen atoms in total. The summed E-state index contributed by atoms with van der Waals surface area (Å²) in [6, 6.07) is 1.65. The Balaban J connectivity index is 2.37. The fourth-order valence-electron chi connectivity index (χ4n) is 2.43. The Morgan fingerprint density at radius 3 is 2.52 bits per heavy atom. The van der Waals surface area contributed by atoms with E-state index in [9.17, 15) is 23.1 Å². The number of carboxylic acids is 1. The fraction of sp³-hybridized carbons (Fsp3) is 0.429. The van der Waals surface area contributed by atoms with Crippen molar-refractivity contribution in [2.45, 2.75) is 26.4 Å². The molecule has 2 rings (SSSR count). The van der Waals surface area contributed by atoms with Gasteiger partial charge in [-0.15, -0.1) is 0 Å². The van der Waals surface area contributed by atoms with Crippen LogP contribution in [0, 0.1) is 13.8 Å². The van der Waals surface area contributed by atoms with Crippen LogP contribution in [-0.4, -0.2) is 35.3 Å². The molecule has 1 aliphatic heterocycles. The molecule has 0 radical (unpaired) electrons. The molecule has 0 bridgehead atoms. The van der Waals surface area contributed by atoms with E-state index in [2.05, 4.69) is 4.98 Å². The first-order valence-corrected chi connectivity index (χ1v) is 6.43. The van der Waals surface area contributed by atoms with Crippen LogP contribution in [0.1, 0.15) is 28.0 Å². The monoisotopic (exact) mass is 300 g/mol. The van der Waals surface area contributed by atoms with Crippen LogP contribution in [0.3, 0.4) is 0 Å². The lowest BCUT2D eigenvalue weighted by molar-refractivity contribution is -0.0944. The van der Waals surface area contributed by atoms with Crippen molar-refractivity contribution in [3.63, 3.8) is 0 Å². The molecule has 0 spiro atoms. The van der Waals surface area contributed by atoms with Crippen molar-refractivity contribution in [1.82, 2.24) is 4.98 Å². The van der Waals surface area contributed by atoms with Crippen molar-refractivity contribution < 1.29 is 23.1 Å². The van der Waals surface area contributed by atoms with Gasteiger partial charge in [0.1, 0.15) is 11.4 Å². The Hall–Kier alpha value is -2.05. The largest absolute Gasteiger partial charge is 0.478 e. The Morgan fingerprint density at radius 2 is 2.05 bits per heavy atom. The van der Waals surface area contributed by atoms with Crippen molar-refractivity contribution in [2.75, 3.05) is 18.0 Å². The molecule has 114 valence electrons. The van der Waals surface area contributed by atoms with E-state index in [1.165, 1.54) is 0 Å². The van der Waals surface area contributed by atoms with Gasteiger partial charge in [0.25, 0.3) is 0 Å². The van der Waals surface area contributed by atoms with Crippen molar-refractivity contribution in [2.24, 2.45) is 0 Å². The number of pyridine rings is 1. The van der Waals surface area contributed by atoms with E-state index in [0.717, 1.165) is 6.08 Å². The third kappa shape index (κ3) is 3.17. The number of aromatic nitrogens is 1. The van der Waals surface area contributed by atoms with Crippen LogP contribution < -0.4 is 4.90 Å². The second-order valence-electron chi connectivity index (χ2n) is 5.01. The minimum Gasteiger partial charge on any atom is -0.478 e. The van der Waals surface area contributed by atoms with Gasteiger partial charge in [0.05, 0.1) is 0 Å². The second-order valence-corrected chi connectivity index (χ2v) is 5.01. The molecule has 0 unspecified atom stereocenters. The smallest absolute Gasteiger partial charge is 0.412 e. The highest BCUT2D eigenvalue weighted by Crippen LogP contribution is 2.32. The van der Waals surface area contributed by atoms with E-state index in [-0.39, 0.29) is 30.9 Å². The molecule has 1 N–H and O–H groups in total. The van der Waals surface area contributed by atoms with Crippen LogP contribution in [0.25, 0.3) is 0 Å². The van der Waals surface area contributed by atoms with Crippen LogP contribution >= 0.6 is 0 Å². The molecule has 0 saturated heterocycles. The maximum atomic E-state index is 12.6. The molecule has 0 saturated carbocycles. The van der Waals surface area contributed by atoms with Crippen molar-refractivity contribution >= 4 is 11.8 Å². The first kappa shape index (κ1) is 15.3. The average Bonchev–Trinajstić information content (AvgIpc) is 2.36. The van der Waals surface area contributed by atoms with Gasteiger partial charge in [-0.25, -0.2) is 9.78 Å². The number of aromatic carboxylic acids is 1. The first-order chi connectivity index (χ1) is 9.70. The number of halogens is 3. The minimum absolute atomic E-state index is 0.00498. The number of hydrogen-bond acceptors (Lipinski definition) is 3. The SMILES string of the molecule is Cc1cc(C)c(C(=O)O)c(N2CC=C(C(F)(F)F)CC2)n1. The standard InChI is InChI=1S/C14H15F3N2O2/c1-8-7-9(2)18-12(11(8)13(20)21)19-5-3-10(4-6-19)14(15,16)17/h3,7H,4-6H2,1-2H3,(H,20,21). The molecule has 0 amide bonds. The van der Waals surface area contributed by atoms with E-state index in [4.69, 9.17) is 0 Å². The highest BCUT2D eigenvalue weighted by Gasteiger charge is 2.35. The van der Waals surface area contributed by atoms with Crippen LogP contribution in [0.5, 0.6) is 0 Å². The van der Waals surface area contributed by atoms with Gasteiger partial charge in [-0.05, 0) is 31.9 Å². The quantitative estimate of drug-likeness (QED) is 0.853. The van der Waals surface area contributed by atoms with Gasteiger partial charge in [0, 0.05) is 24.4 Å². The summed E-state index contributed by atoms with van der Waals surface area (Å²) in [6.45, 7) is 3.48. The van der Waals surface area contributed by atoms with Gasteiger partial charge in [0.15, 0.2) is 0 Å². The molecule has 1 aromatic rings. The van der Waals surface area contributed by atoms with Gasteiger partial charge < -0.3 is 10.0 Å². The van der Waals surface area contributed by atoms with Crippen LogP contribution in [0.2, 0.25) is 0 Å². The summed E-state index contributed by atoms with van der Waals surface area (Å²) in [6.07, 6.45) is -3.40. The molecule has 0 atom stereocenters. The van der Waals surface area contributed by atoms with Gasteiger partial charge in [-0.2, -0.15) is 13.2 Å². The molecule has 1 aromatic heterocycles. The van der Waals surface area contributed by atoms with Gasteiger partial charge in [-0.1, -0.05) is 6.08 Å². The third-order valence-electron chi connectivity index (χ3n) is 3.41. The lowest BCUT2D eigenvalue weighted by atomic mass is 10.1. The van der Waals surface area contributed by atoms with E-state index >= 15 is 0 Å². The highest BCUT2D eigenvalue weighted by molar-refractivity contribution is 5.95. The predicted octanol–water partition coefficient (Wildman–Crippen LogP) is 3.10. The van der Waals surface area contributed by atoms with Crippen LogP contribution in [0.15, 0.2) is 17.7 Å². The number of carboxylic acid groups (broad SMARTS) is 1. The Kier molecular flexibility index (Phi) is 3.93. The summed E-state index contributed by atoms with van der Waals surface area (Å²) in [4.78, 5) is 17.1. The Labute approximate surface area is 119 Å². The van der Waals surface area contributed by atoms with Gasteiger partial charge in [0.2, 0.25) is 0 Å². The van der Waals surface area contributed by atoms with Crippen molar-refractivity contribution in [1.29, 1.82) is 0 Å². The predicted molar refractivity (Wildman–Crippen MR) is 71.6 cm³/mol. The number of nitrogens with zero attached hydrogens (tertiary/aromatic N) is 2. The molecule has 1 aliphatic rings. The maximum absolute atomic E-state index is 12.6. The molecule has 0 aliphatic carbocycles.